The molecule has 1 unspecified atom stereocenters. The van der Waals surface area contributed by atoms with E-state index < -0.39 is 0 Å². The first-order valence-electron chi connectivity index (χ1n) is 6.17. The predicted molar refractivity (Wildman–Crippen MR) is 73.1 cm³/mol. The van der Waals surface area contributed by atoms with Gasteiger partial charge >= 0.3 is 0 Å². The Morgan fingerprint density at radius 3 is 2.63 bits per heavy atom. The van der Waals surface area contributed by atoms with Crippen molar-refractivity contribution in [3.8, 4) is 6.07 Å². The van der Waals surface area contributed by atoms with Crippen LogP contribution in [0.4, 0.5) is 4.39 Å². The van der Waals surface area contributed by atoms with Crippen molar-refractivity contribution in [2.24, 2.45) is 5.73 Å². The fourth-order valence-corrected chi connectivity index (χ4v) is 2.15. The molecular formula is C16H15FN2. The van der Waals surface area contributed by atoms with Crippen LogP contribution >= 0.6 is 0 Å². The average molecular weight is 254 g/mol. The van der Waals surface area contributed by atoms with Crippen molar-refractivity contribution in [1.29, 1.82) is 5.26 Å². The minimum absolute atomic E-state index is 0.0599. The van der Waals surface area contributed by atoms with Crippen molar-refractivity contribution in [1.82, 2.24) is 0 Å². The smallest absolute Gasteiger partial charge is 0.123 e. The maximum Gasteiger partial charge on any atom is 0.123 e. The lowest BCUT2D eigenvalue weighted by atomic mass is 9.91. The van der Waals surface area contributed by atoms with Gasteiger partial charge in [0.1, 0.15) is 5.82 Å². The van der Waals surface area contributed by atoms with Gasteiger partial charge in [-0.3, -0.25) is 0 Å². The first kappa shape index (κ1) is 13.3. The summed E-state index contributed by atoms with van der Waals surface area (Å²) < 4.78 is 13.2. The van der Waals surface area contributed by atoms with E-state index in [1.54, 1.807) is 12.1 Å². The van der Waals surface area contributed by atoms with Gasteiger partial charge in [-0.05, 0) is 48.4 Å². The van der Waals surface area contributed by atoms with E-state index in [9.17, 15) is 4.39 Å². The lowest BCUT2D eigenvalue weighted by Crippen LogP contribution is -2.15. The molecule has 2 N–H and O–H groups in total. The second kappa shape index (κ2) is 6.12. The Kier molecular flexibility index (Phi) is 4.27. The summed E-state index contributed by atoms with van der Waals surface area (Å²) in [7, 11) is 0. The van der Waals surface area contributed by atoms with E-state index in [1.807, 2.05) is 24.3 Å². The van der Waals surface area contributed by atoms with Gasteiger partial charge < -0.3 is 5.73 Å². The molecule has 0 bridgehead atoms. The minimum atomic E-state index is -0.248. The highest BCUT2D eigenvalue weighted by Crippen LogP contribution is 2.21. The van der Waals surface area contributed by atoms with Gasteiger partial charge in [-0.1, -0.05) is 24.3 Å². The molecule has 0 aliphatic rings. The lowest BCUT2D eigenvalue weighted by Gasteiger charge is -2.15. The molecule has 0 fully saturated rings. The third-order valence-corrected chi connectivity index (χ3v) is 3.14. The van der Waals surface area contributed by atoms with E-state index in [0.717, 1.165) is 11.1 Å². The third kappa shape index (κ3) is 3.40. The molecule has 0 aromatic heterocycles. The molecule has 1 atom stereocenters. The molecule has 0 aliphatic heterocycles. The van der Waals surface area contributed by atoms with Crippen LogP contribution in [0.15, 0.2) is 48.5 Å². The first-order valence-corrected chi connectivity index (χ1v) is 6.17. The average Bonchev–Trinajstić information content (AvgIpc) is 2.45. The van der Waals surface area contributed by atoms with Crippen LogP contribution in [0.25, 0.3) is 0 Å². The highest BCUT2D eigenvalue weighted by Gasteiger charge is 2.11. The molecule has 0 amide bonds. The minimum Gasteiger partial charge on any atom is -0.330 e. The number of hydrogen-bond acceptors (Lipinski definition) is 2. The fraction of sp³-hybridized carbons (Fsp3) is 0.188. The maximum absolute atomic E-state index is 13.2. The van der Waals surface area contributed by atoms with Crippen LogP contribution in [0.2, 0.25) is 0 Å². The van der Waals surface area contributed by atoms with Crippen molar-refractivity contribution in [3.05, 3.63) is 71.0 Å². The Morgan fingerprint density at radius 1 is 1.16 bits per heavy atom. The molecular weight excluding hydrogens is 239 g/mol. The second-order valence-corrected chi connectivity index (χ2v) is 4.50. The van der Waals surface area contributed by atoms with Gasteiger partial charge in [0.05, 0.1) is 11.6 Å². The molecule has 2 nitrogen and oxygen atoms in total. The third-order valence-electron chi connectivity index (χ3n) is 3.14. The maximum atomic E-state index is 13.2. The number of halogens is 1. The highest BCUT2D eigenvalue weighted by atomic mass is 19.1. The lowest BCUT2D eigenvalue weighted by molar-refractivity contribution is 0.616. The second-order valence-electron chi connectivity index (χ2n) is 4.50. The molecule has 96 valence electrons. The number of nitrogens with zero attached hydrogens (tertiary/aromatic N) is 1. The molecule has 2 aromatic carbocycles. The van der Waals surface area contributed by atoms with Gasteiger partial charge in [-0.25, -0.2) is 4.39 Å². The molecule has 3 heteroatoms. The summed E-state index contributed by atoms with van der Waals surface area (Å²) in [5, 5.41) is 8.88. The van der Waals surface area contributed by atoms with E-state index in [4.69, 9.17) is 11.0 Å². The van der Waals surface area contributed by atoms with Gasteiger partial charge in [0.25, 0.3) is 0 Å². The van der Waals surface area contributed by atoms with Crippen LogP contribution in [0, 0.1) is 17.1 Å². The molecule has 2 rings (SSSR count). The van der Waals surface area contributed by atoms with Crippen molar-refractivity contribution < 1.29 is 4.39 Å². The van der Waals surface area contributed by atoms with Crippen LogP contribution < -0.4 is 5.73 Å². The van der Waals surface area contributed by atoms with Gasteiger partial charge in [0, 0.05) is 5.92 Å². The summed E-state index contributed by atoms with van der Waals surface area (Å²) >= 11 is 0. The van der Waals surface area contributed by atoms with E-state index in [0.29, 0.717) is 18.5 Å². The van der Waals surface area contributed by atoms with Crippen LogP contribution in [0.1, 0.15) is 22.6 Å². The SMILES string of the molecule is N#Cc1cccc(CC(CN)c2cccc(F)c2)c1. The highest BCUT2D eigenvalue weighted by molar-refractivity contribution is 5.34. The summed E-state index contributed by atoms with van der Waals surface area (Å²) in [6.07, 6.45) is 0.704. The van der Waals surface area contributed by atoms with E-state index >= 15 is 0 Å². The van der Waals surface area contributed by atoms with Crippen molar-refractivity contribution in [2.75, 3.05) is 6.54 Å². The molecule has 0 aliphatic carbocycles. The summed E-state index contributed by atoms with van der Waals surface area (Å²) in [5.41, 5.74) is 8.35. The van der Waals surface area contributed by atoms with Gasteiger partial charge in [0.15, 0.2) is 0 Å². The predicted octanol–water partition coefficient (Wildman–Crippen LogP) is 2.98. The topological polar surface area (TPSA) is 49.8 Å². The number of benzene rings is 2. The normalized spacial score (nSPS) is 11.8. The van der Waals surface area contributed by atoms with Crippen molar-refractivity contribution >= 4 is 0 Å². The largest absolute Gasteiger partial charge is 0.330 e. The zero-order chi connectivity index (χ0) is 13.7. The molecule has 0 saturated carbocycles. The number of nitriles is 1. The van der Waals surface area contributed by atoms with Gasteiger partial charge in [-0.2, -0.15) is 5.26 Å². The van der Waals surface area contributed by atoms with Crippen molar-refractivity contribution in [2.45, 2.75) is 12.3 Å². The number of rotatable bonds is 4. The molecule has 19 heavy (non-hydrogen) atoms. The van der Waals surface area contributed by atoms with Gasteiger partial charge in [0.2, 0.25) is 0 Å². The van der Waals surface area contributed by atoms with E-state index in [2.05, 4.69) is 6.07 Å². The Balaban J connectivity index is 2.21. The fourth-order valence-electron chi connectivity index (χ4n) is 2.15. The van der Waals surface area contributed by atoms with Crippen LogP contribution in [0.3, 0.4) is 0 Å². The van der Waals surface area contributed by atoms with Gasteiger partial charge in [-0.15, -0.1) is 0 Å². The van der Waals surface area contributed by atoms with Crippen molar-refractivity contribution in [3.63, 3.8) is 0 Å². The molecule has 0 saturated heterocycles. The zero-order valence-electron chi connectivity index (χ0n) is 10.5. The monoisotopic (exact) mass is 254 g/mol. The zero-order valence-corrected chi connectivity index (χ0v) is 10.5. The molecule has 2 aromatic rings. The van der Waals surface area contributed by atoms with E-state index in [-0.39, 0.29) is 11.7 Å². The Morgan fingerprint density at radius 2 is 1.95 bits per heavy atom. The Bertz CT molecular complexity index is 602. The van der Waals surface area contributed by atoms with Crippen LogP contribution in [-0.2, 0) is 6.42 Å². The quantitative estimate of drug-likeness (QED) is 0.911. The summed E-state index contributed by atoms with van der Waals surface area (Å²) in [4.78, 5) is 0. The van der Waals surface area contributed by atoms with E-state index in [1.165, 1.54) is 12.1 Å². The van der Waals surface area contributed by atoms with Crippen LogP contribution in [0.5, 0.6) is 0 Å². The summed E-state index contributed by atoms with van der Waals surface area (Å²) in [6, 6.07) is 16.1. The number of nitrogens with two attached hydrogens (primary N) is 1. The Hall–Kier alpha value is -2.18. The molecule has 0 spiro atoms. The number of hydrogen-bond donors (Lipinski definition) is 1. The molecule has 0 radical (unpaired) electrons. The summed E-state index contributed by atoms with van der Waals surface area (Å²) in [6.45, 7) is 0.445. The van der Waals surface area contributed by atoms with Crippen LogP contribution in [-0.4, -0.2) is 6.54 Å². The summed E-state index contributed by atoms with van der Waals surface area (Å²) in [5.74, 6) is -0.189. The molecule has 0 heterocycles. The standard InChI is InChI=1S/C16H15FN2/c17-16-6-2-5-14(9-16)15(11-19)8-12-3-1-4-13(7-12)10-18/h1-7,9,15H,8,11,19H2. The Labute approximate surface area is 112 Å². The first-order chi connectivity index (χ1) is 9.22.